The van der Waals surface area contributed by atoms with E-state index < -0.39 is 0 Å². The number of hydrogen-bond donors (Lipinski definition) is 1. The average Bonchev–Trinajstić information content (AvgIpc) is 2.54. The normalized spacial score (nSPS) is 31.0. The van der Waals surface area contributed by atoms with Crippen molar-refractivity contribution in [2.45, 2.75) is 90.1 Å². The van der Waals surface area contributed by atoms with E-state index in [2.05, 4.69) is 39.0 Å². The van der Waals surface area contributed by atoms with Gasteiger partial charge in [-0.2, -0.15) is 0 Å². The van der Waals surface area contributed by atoms with Gasteiger partial charge in [-0.3, -0.25) is 0 Å². The molecule has 0 radical (unpaired) electrons. The van der Waals surface area contributed by atoms with Crippen LogP contribution in [0, 0.1) is 25.7 Å². The summed E-state index contributed by atoms with van der Waals surface area (Å²) < 4.78 is 0. The maximum Gasteiger partial charge on any atom is 0.0566 e. The molecule has 3 atom stereocenters. The third-order valence-electron chi connectivity index (χ3n) is 6.84. The van der Waals surface area contributed by atoms with Gasteiger partial charge in [0.05, 0.1) is 6.10 Å². The lowest BCUT2D eigenvalue weighted by Crippen LogP contribution is -2.35. The molecule has 1 heteroatoms. The Morgan fingerprint density at radius 2 is 1.78 bits per heavy atom. The van der Waals surface area contributed by atoms with Crippen LogP contribution in [0.25, 0.3) is 0 Å². The molecule has 1 aromatic rings. The molecule has 0 aromatic heterocycles. The zero-order chi connectivity index (χ0) is 16.4. The molecule has 0 spiro atoms. The van der Waals surface area contributed by atoms with Gasteiger partial charge < -0.3 is 5.11 Å². The van der Waals surface area contributed by atoms with Crippen LogP contribution in [-0.2, 0) is 5.41 Å². The van der Waals surface area contributed by atoms with Crippen molar-refractivity contribution in [2.75, 3.05) is 0 Å². The first kappa shape index (κ1) is 17.0. The van der Waals surface area contributed by atoms with Crippen molar-refractivity contribution >= 4 is 0 Å². The van der Waals surface area contributed by atoms with Crippen molar-refractivity contribution < 1.29 is 5.11 Å². The summed E-state index contributed by atoms with van der Waals surface area (Å²) in [6.07, 6.45) is 11.6. The second kappa shape index (κ2) is 6.97. The second-order valence-electron chi connectivity index (χ2n) is 8.57. The Morgan fingerprint density at radius 1 is 1.04 bits per heavy atom. The number of aliphatic hydroxyl groups is 1. The van der Waals surface area contributed by atoms with Gasteiger partial charge in [0.2, 0.25) is 0 Å². The van der Waals surface area contributed by atoms with E-state index in [9.17, 15) is 5.11 Å². The van der Waals surface area contributed by atoms with Crippen molar-refractivity contribution in [3.8, 4) is 0 Å². The first-order valence-corrected chi connectivity index (χ1v) is 9.76. The SMILES string of the molecule is Cc1ccc(C2(CC3CCC(O)C(C)C3)CCCCC2)cc1C. The molecular weight excluding hydrogens is 280 g/mol. The molecule has 2 aliphatic rings. The van der Waals surface area contributed by atoms with Gasteiger partial charge in [-0.05, 0) is 86.3 Å². The van der Waals surface area contributed by atoms with Gasteiger partial charge >= 0.3 is 0 Å². The van der Waals surface area contributed by atoms with Crippen LogP contribution < -0.4 is 0 Å². The summed E-state index contributed by atoms with van der Waals surface area (Å²) in [5.41, 5.74) is 4.86. The van der Waals surface area contributed by atoms with Crippen LogP contribution in [0.1, 0.15) is 81.4 Å². The lowest BCUT2D eigenvalue weighted by atomic mass is 9.62. The summed E-state index contributed by atoms with van der Waals surface area (Å²) in [6, 6.07) is 7.21. The molecule has 1 N–H and O–H groups in total. The van der Waals surface area contributed by atoms with Gasteiger partial charge in [0.1, 0.15) is 0 Å². The van der Waals surface area contributed by atoms with E-state index in [0.29, 0.717) is 11.3 Å². The van der Waals surface area contributed by atoms with Crippen LogP contribution in [0.5, 0.6) is 0 Å². The number of aliphatic hydroxyl groups excluding tert-OH is 1. The summed E-state index contributed by atoms with van der Waals surface area (Å²) in [5.74, 6) is 1.28. The number of rotatable bonds is 3. The molecule has 1 nitrogen and oxygen atoms in total. The lowest BCUT2D eigenvalue weighted by molar-refractivity contribution is 0.0462. The molecule has 2 aliphatic carbocycles. The third kappa shape index (κ3) is 3.65. The van der Waals surface area contributed by atoms with E-state index in [4.69, 9.17) is 0 Å². The Morgan fingerprint density at radius 3 is 2.43 bits per heavy atom. The maximum atomic E-state index is 10.0. The summed E-state index contributed by atoms with van der Waals surface area (Å²) in [5, 5.41) is 10.0. The summed E-state index contributed by atoms with van der Waals surface area (Å²) >= 11 is 0. The van der Waals surface area contributed by atoms with Crippen molar-refractivity contribution in [2.24, 2.45) is 11.8 Å². The average molecular weight is 315 g/mol. The Hall–Kier alpha value is -0.820. The zero-order valence-corrected chi connectivity index (χ0v) is 15.3. The highest BCUT2D eigenvalue weighted by atomic mass is 16.3. The van der Waals surface area contributed by atoms with Gasteiger partial charge in [0.25, 0.3) is 0 Å². The quantitative estimate of drug-likeness (QED) is 0.759. The van der Waals surface area contributed by atoms with Crippen LogP contribution in [-0.4, -0.2) is 11.2 Å². The molecule has 2 fully saturated rings. The minimum atomic E-state index is -0.0600. The first-order chi connectivity index (χ1) is 11.0. The molecule has 128 valence electrons. The van der Waals surface area contributed by atoms with Crippen LogP contribution >= 0.6 is 0 Å². The van der Waals surface area contributed by atoms with Crippen molar-refractivity contribution in [1.29, 1.82) is 0 Å². The van der Waals surface area contributed by atoms with Crippen molar-refractivity contribution in [3.05, 3.63) is 34.9 Å². The van der Waals surface area contributed by atoms with E-state index >= 15 is 0 Å². The molecular formula is C22H34O. The summed E-state index contributed by atoms with van der Waals surface area (Å²) in [6.45, 7) is 6.71. The predicted molar refractivity (Wildman–Crippen MR) is 97.8 cm³/mol. The molecule has 2 saturated carbocycles. The number of hydrogen-bond acceptors (Lipinski definition) is 1. The Balaban J connectivity index is 1.83. The van der Waals surface area contributed by atoms with Crippen LogP contribution in [0.15, 0.2) is 18.2 Å². The highest BCUT2D eigenvalue weighted by Crippen LogP contribution is 2.47. The topological polar surface area (TPSA) is 20.2 Å². The maximum absolute atomic E-state index is 10.0. The standard InChI is InChI=1S/C22H34O/c1-16-7-9-20(14-17(16)2)22(11-5-4-6-12-22)15-19-8-10-21(23)18(3)13-19/h7,9,14,18-19,21,23H,4-6,8,10-13,15H2,1-3H3. The number of aryl methyl sites for hydroxylation is 2. The molecule has 3 rings (SSSR count). The Labute approximate surface area is 142 Å². The molecule has 0 saturated heterocycles. The minimum Gasteiger partial charge on any atom is -0.393 e. The van der Waals surface area contributed by atoms with Gasteiger partial charge in [0.15, 0.2) is 0 Å². The summed E-state index contributed by atoms with van der Waals surface area (Å²) in [4.78, 5) is 0. The van der Waals surface area contributed by atoms with E-state index in [1.165, 1.54) is 62.5 Å². The monoisotopic (exact) mass is 314 g/mol. The van der Waals surface area contributed by atoms with Gasteiger partial charge in [-0.1, -0.05) is 44.4 Å². The molecule has 0 bridgehead atoms. The molecule has 0 amide bonds. The fraction of sp³-hybridized carbons (Fsp3) is 0.727. The van der Waals surface area contributed by atoms with E-state index in [-0.39, 0.29) is 6.10 Å². The minimum absolute atomic E-state index is 0.0600. The van der Waals surface area contributed by atoms with Gasteiger partial charge in [-0.15, -0.1) is 0 Å². The van der Waals surface area contributed by atoms with E-state index in [0.717, 1.165) is 12.3 Å². The second-order valence-corrected chi connectivity index (χ2v) is 8.57. The van der Waals surface area contributed by atoms with Gasteiger partial charge in [-0.25, -0.2) is 0 Å². The first-order valence-electron chi connectivity index (χ1n) is 9.76. The van der Waals surface area contributed by atoms with Crippen LogP contribution in [0.2, 0.25) is 0 Å². The largest absolute Gasteiger partial charge is 0.393 e. The lowest BCUT2D eigenvalue weighted by Gasteiger charge is -2.43. The predicted octanol–water partition coefficient (Wildman–Crippen LogP) is 5.69. The van der Waals surface area contributed by atoms with Crippen molar-refractivity contribution in [3.63, 3.8) is 0 Å². The van der Waals surface area contributed by atoms with Gasteiger partial charge in [0, 0.05) is 0 Å². The molecule has 0 aliphatic heterocycles. The molecule has 1 aromatic carbocycles. The smallest absolute Gasteiger partial charge is 0.0566 e. The fourth-order valence-corrected chi connectivity index (χ4v) is 5.14. The molecule has 0 heterocycles. The zero-order valence-electron chi connectivity index (χ0n) is 15.3. The Kier molecular flexibility index (Phi) is 5.16. The molecule has 3 unspecified atom stereocenters. The van der Waals surface area contributed by atoms with Crippen LogP contribution in [0.3, 0.4) is 0 Å². The number of benzene rings is 1. The van der Waals surface area contributed by atoms with E-state index in [1.54, 1.807) is 5.56 Å². The van der Waals surface area contributed by atoms with E-state index in [1.807, 2.05) is 0 Å². The third-order valence-corrected chi connectivity index (χ3v) is 6.84. The Bertz CT molecular complexity index is 527. The highest BCUT2D eigenvalue weighted by Gasteiger charge is 2.38. The van der Waals surface area contributed by atoms with Crippen molar-refractivity contribution in [1.82, 2.24) is 0 Å². The van der Waals surface area contributed by atoms with Crippen LogP contribution in [0.4, 0.5) is 0 Å². The fourth-order valence-electron chi connectivity index (χ4n) is 5.14. The molecule has 23 heavy (non-hydrogen) atoms. The highest BCUT2D eigenvalue weighted by molar-refractivity contribution is 5.35. The summed E-state index contributed by atoms with van der Waals surface area (Å²) in [7, 11) is 0.